The molecule has 0 aliphatic carbocycles. The Labute approximate surface area is 115 Å². The van der Waals surface area contributed by atoms with Gasteiger partial charge in [0.1, 0.15) is 0 Å². The van der Waals surface area contributed by atoms with Gasteiger partial charge in [0, 0.05) is 18.7 Å². The second-order valence-corrected chi connectivity index (χ2v) is 5.64. The van der Waals surface area contributed by atoms with Gasteiger partial charge in [0.25, 0.3) is 5.91 Å². The minimum Gasteiger partial charge on any atom is -0.393 e. The smallest absolute Gasteiger partial charge is 0.254 e. The van der Waals surface area contributed by atoms with Crippen molar-refractivity contribution in [1.82, 2.24) is 4.90 Å². The number of hydrogen-bond donors (Lipinski definition) is 1. The summed E-state index contributed by atoms with van der Waals surface area (Å²) in [6.45, 7) is 7.32. The maximum Gasteiger partial charge on any atom is 0.254 e. The summed E-state index contributed by atoms with van der Waals surface area (Å²) in [6.07, 6.45) is 1.53. The Morgan fingerprint density at radius 3 is 2.26 bits per heavy atom. The molecular formula is C16H23NO2. The topological polar surface area (TPSA) is 40.5 Å². The van der Waals surface area contributed by atoms with Crippen molar-refractivity contribution in [3.05, 3.63) is 34.9 Å². The number of aliphatic hydroxyl groups is 1. The number of likely N-dealkylation sites (tertiary alicyclic amines) is 1. The third-order valence-electron chi connectivity index (χ3n) is 4.20. The van der Waals surface area contributed by atoms with Gasteiger partial charge in [0.2, 0.25) is 0 Å². The fourth-order valence-corrected chi connectivity index (χ4v) is 2.89. The highest BCUT2D eigenvalue weighted by Crippen LogP contribution is 2.23. The van der Waals surface area contributed by atoms with Crippen LogP contribution in [-0.4, -0.2) is 35.1 Å². The standard InChI is InChI=1S/C16H23NO2/c1-11-5-4-6-12(2)15(11)16(19)17-9-7-14(8-10-17)13(3)18/h4-6,13-14,18H,7-10H2,1-3H3. The molecule has 2 rings (SSSR count). The first-order valence-electron chi connectivity index (χ1n) is 7.04. The van der Waals surface area contributed by atoms with Crippen LogP contribution in [0.5, 0.6) is 0 Å². The normalized spacial score (nSPS) is 18.4. The molecule has 0 saturated carbocycles. The van der Waals surface area contributed by atoms with Crippen molar-refractivity contribution in [2.24, 2.45) is 5.92 Å². The second-order valence-electron chi connectivity index (χ2n) is 5.64. The Hall–Kier alpha value is -1.35. The van der Waals surface area contributed by atoms with Crippen LogP contribution >= 0.6 is 0 Å². The number of aryl methyl sites for hydroxylation is 2. The first kappa shape index (κ1) is 14.1. The lowest BCUT2D eigenvalue weighted by molar-refractivity contribution is 0.0520. The van der Waals surface area contributed by atoms with Crippen LogP contribution in [0.1, 0.15) is 41.3 Å². The van der Waals surface area contributed by atoms with Crippen LogP contribution in [0, 0.1) is 19.8 Å². The maximum atomic E-state index is 12.6. The molecule has 1 aliphatic heterocycles. The van der Waals surface area contributed by atoms with Crippen LogP contribution in [0.15, 0.2) is 18.2 Å². The zero-order chi connectivity index (χ0) is 14.0. The Balaban J connectivity index is 2.10. The van der Waals surface area contributed by atoms with E-state index in [1.807, 2.05) is 43.9 Å². The number of aliphatic hydroxyl groups excluding tert-OH is 1. The molecule has 3 nitrogen and oxygen atoms in total. The van der Waals surface area contributed by atoms with E-state index in [2.05, 4.69) is 0 Å². The van der Waals surface area contributed by atoms with Gasteiger partial charge in [0.15, 0.2) is 0 Å². The minimum atomic E-state index is -0.266. The predicted molar refractivity (Wildman–Crippen MR) is 76.2 cm³/mol. The SMILES string of the molecule is Cc1cccc(C)c1C(=O)N1CCC(C(C)O)CC1. The molecule has 1 aromatic carbocycles. The summed E-state index contributed by atoms with van der Waals surface area (Å²) >= 11 is 0. The van der Waals surface area contributed by atoms with Crippen molar-refractivity contribution in [2.45, 2.75) is 39.7 Å². The molecule has 19 heavy (non-hydrogen) atoms. The summed E-state index contributed by atoms with van der Waals surface area (Å²) in [7, 11) is 0. The van der Waals surface area contributed by atoms with Gasteiger partial charge >= 0.3 is 0 Å². The van der Waals surface area contributed by atoms with E-state index < -0.39 is 0 Å². The van der Waals surface area contributed by atoms with Crippen molar-refractivity contribution in [3.63, 3.8) is 0 Å². The second kappa shape index (κ2) is 5.74. The molecule has 3 heteroatoms. The average molecular weight is 261 g/mol. The summed E-state index contributed by atoms with van der Waals surface area (Å²) in [4.78, 5) is 14.5. The van der Waals surface area contributed by atoms with E-state index in [0.717, 1.165) is 42.6 Å². The molecule has 1 heterocycles. The Bertz CT molecular complexity index is 440. The van der Waals surface area contributed by atoms with Crippen LogP contribution in [0.2, 0.25) is 0 Å². The number of carbonyl (C=O) groups is 1. The average Bonchev–Trinajstić information content (AvgIpc) is 2.38. The van der Waals surface area contributed by atoms with Crippen molar-refractivity contribution in [2.75, 3.05) is 13.1 Å². The number of rotatable bonds is 2. The molecule has 0 aromatic heterocycles. The first-order chi connectivity index (χ1) is 9.00. The van der Waals surface area contributed by atoms with Crippen molar-refractivity contribution in [3.8, 4) is 0 Å². The Kier molecular flexibility index (Phi) is 4.25. The Morgan fingerprint density at radius 2 is 1.79 bits per heavy atom. The molecular weight excluding hydrogens is 238 g/mol. The quantitative estimate of drug-likeness (QED) is 0.888. The monoisotopic (exact) mass is 261 g/mol. The Morgan fingerprint density at radius 1 is 1.26 bits per heavy atom. The van der Waals surface area contributed by atoms with E-state index in [0.29, 0.717) is 5.92 Å². The zero-order valence-corrected chi connectivity index (χ0v) is 12.0. The van der Waals surface area contributed by atoms with Gasteiger partial charge in [-0.3, -0.25) is 4.79 Å². The van der Waals surface area contributed by atoms with E-state index in [9.17, 15) is 9.90 Å². The largest absolute Gasteiger partial charge is 0.393 e. The lowest BCUT2D eigenvalue weighted by atomic mass is 9.91. The van der Waals surface area contributed by atoms with Crippen LogP contribution in [-0.2, 0) is 0 Å². The molecule has 104 valence electrons. The predicted octanol–water partition coefficient (Wildman–Crippen LogP) is 2.54. The number of hydrogen-bond acceptors (Lipinski definition) is 2. The lowest BCUT2D eigenvalue weighted by Gasteiger charge is -2.33. The third-order valence-corrected chi connectivity index (χ3v) is 4.20. The first-order valence-corrected chi connectivity index (χ1v) is 7.04. The summed E-state index contributed by atoms with van der Waals surface area (Å²) in [5.74, 6) is 0.474. The van der Waals surface area contributed by atoms with Crippen LogP contribution in [0.4, 0.5) is 0 Å². The molecule has 1 amide bonds. The van der Waals surface area contributed by atoms with E-state index in [4.69, 9.17) is 0 Å². The van der Waals surface area contributed by atoms with Crippen LogP contribution < -0.4 is 0 Å². The highest BCUT2D eigenvalue weighted by Gasteiger charge is 2.27. The van der Waals surface area contributed by atoms with Gasteiger partial charge in [0.05, 0.1) is 6.10 Å². The fraction of sp³-hybridized carbons (Fsp3) is 0.562. The zero-order valence-electron chi connectivity index (χ0n) is 12.0. The van der Waals surface area contributed by atoms with E-state index in [1.54, 1.807) is 0 Å². The molecule has 1 aliphatic rings. The molecule has 1 unspecified atom stereocenters. The van der Waals surface area contributed by atoms with Gasteiger partial charge in [-0.05, 0) is 50.7 Å². The molecule has 1 saturated heterocycles. The van der Waals surface area contributed by atoms with Crippen molar-refractivity contribution < 1.29 is 9.90 Å². The number of carbonyl (C=O) groups excluding carboxylic acids is 1. The van der Waals surface area contributed by atoms with Gasteiger partial charge in [-0.25, -0.2) is 0 Å². The van der Waals surface area contributed by atoms with Gasteiger partial charge < -0.3 is 10.0 Å². The number of benzene rings is 1. The molecule has 1 N–H and O–H groups in total. The van der Waals surface area contributed by atoms with Crippen LogP contribution in [0.3, 0.4) is 0 Å². The highest BCUT2D eigenvalue weighted by molar-refractivity contribution is 5.97. The number of piperidine rings is 1. The molecule has 1 fully saturated rings. The van der Waals surface area contributed by atoms with Crippen molar-refractivity contribution in [1.29, 1.82) is 0 Å². The van der Waals surface area contributed by atoms with E-state index >= 15 is 0 Å². The summed E-state index contributed by atoms with van der Waals surface area (Å²) in [5.41, 5.74) is 2.93. The highest BCUT2D eigenvalue weighted by atomic mass is 16.3. The lowest BCUT2D eigenvalue weighted by Crippen LogP contribution is -2.41. The van der Waals surface area contributed by atoms with Gasteiger partial charge in [-0.2, -0.15) is 0 Å². The number of amides is 1. The molecule has 1 aromatic rings. The molecule has 0 bridgehead atoms. The summed E-state index contributed by atoms with van der Waals surface area (Å²) < 4.78 is 0. The van der Waals surface area contributed by atoms with Crippen LogP contribution in [0.25, 0.3) is 0 Å². The van der Waals surface area contributed by atoms with Gasteiger partial charge in [-0.1, -0.05) is 18.2 Å². The molecule has 0 spiro atoms. The van der Waals surface area contributed by atoms with E-state index in [-0.39, 0.29) is 12.0 Å². The fourth-order valence-electron chi connectivity index (χ4n) is 2.89. The summed E-state index contributed by atoms with van der Waals surface area (Å²) in [6, 6.07) is 5.96. The third kappa shape index (κ3) is 2.98. The molecule has 0 radical (unpaired) electrons. The molecule has 1 atom stereocenters. The van der Waals surface area contributed by atoms with Crippen molar-refractivity contribution >= 4 is 5.91 Å². The maximum absolute atomic E-state index is 12.6. The summed E-state index contributed by atoms with van der Waals surface area (Å²) in [5, 5.41) is 9.60. The van der Waals surface area contributed by atoms with Gasteiger partial charge in [-0.15, -0.1) is 0 Å². The minimum absolute atomic E-state index is 0.139. The number of nitrogens with zero attached hydrogens (tertiary/aromatic N) is 1. The van der Waals surface area contributed by atoms with E-state index in [1.165, 1.54) is 0 Å².